The number of nitrogens with one attached hydrogen (secondary N) is 1. The van der Waals surface area contributed by atoms with E-state index in [0.717, 1.165) is 19.5 Å². The molecule has 2 rings (SSSR count). The first-order valence-corrected chi connectivity index (χ1v) is 5.39. The number of hydrogen-bond donors (Lipinski definition) is 1. The van der Waals surface area contributed by atoms with Crippen LogP contribution in [0.3, 0.4) is 0 Å². The minimum Gasteiger partial charge on any atom is -0.361 e. The third-order valence-corrected chi connectivity index (χ3v) is 2.87. The molecule has 0 aromatic carbocycles. The number of likely N-dealkylation sites (N-methyl/N-ethyl adjacent to an activating group) is 1. The van der Waals surface area contributed by atoms with Gasteiger partial charge in [-0.05, 0) is 31.6 Å². The fourth-order valence-corrected chi connectivity index (χ4v) is 1.70. The molecule has 0 saturated heterocycles. The molecule has 0 aliphatic heterocycles. The van der Waals surface area contributed by atoms with Crippen LogP contribution in [0.4, 0.5) is 0 Å². The number of hydrogen-bond acceptors (Lipinski definition) is 2. The summed E-state index contributed by atoms with van der Waals surface area (Å²) in [5.74, 6) is 0. The summed E-state index contributed by atoms with van der Waals surface area (Å²) in [5, 5.41) is 1.25. The first-order chi connectivity index (χ1) is 7.31. The van der Waals surface area contributed by atoms with Crippen LogP contribution < -0.4 is 0 Å². The molecule has 0 bridgehead atoms. The van der Waals surface area contributed by atoms with Gasteiger partial charge in [-0.1, -0.05) is 6.92 Å². The Bertz CT molecular complexity index is 433. The van der Waals surface area contributed by atoms with Crippen LogP contribution in [0.15, 0.2) is 24.7 Å². The van der Waals surface area contributed by atoms with Gasteiger partial charge in [0.05, 0.1) is 0 Å². The predicted molar refractivity (Wildman–Crippen MR) is 63.0 cm³/mol. The number of H-pyrrole nitrogens is 1. The molecule has 2 heterocycles. The van der Waals surface area contributed by atoms with Crippen LogP contribution in [0.5, 0.6) is 0 Å². The largest absolute Gasteiger partial charge is 0.361 e. The first kappa shape index (κ1) is 10.2. The van der Waals surface area contributed by atoms with E-state index in [1.807, 2.05) is 18.5 Å². The monoisotopic (exact) mass is 203 g/mol. The smallest absolute Gasteiger partial charge is 0.0487 e. The van der Waals surface area contributed by atoms with Crippen LogP contribution in [-0.4, -0.2) is 35.0 Å². The maximum atomic E-state index is 4.16. The van der Waals surface area contributed by atoms with Crippen molar-refractivity contribution >= 4 is 10.9 Å². The summed E-state index contributed by atoms with van der Waals surface area (Å²) in [6.07, 6.45) is 6.93. The van der Waals surface area contributed by atoms with Crippen LogP contribution in [-0.2, 0) is 6.42 Å². The standard InChI is InChI=1S/C12H17N3/c1-3-15(2)7-5-10-8-14-12-4-6-13-9-11(10)12/h4,6,8-9,14H,3,5,7H2,1-2H3. The second kappa shape index (κ2) is 4.45. The van der Waals surface area contributed by atoms with E-state index in [9.17, 15) is 0 Å². The number of rotatable bonds is 4. The molecule has 0 aliphatic rings. The average Bonchev–Trinajstić information content (AvgIpc) is 2.69. The highest BCUT2D eigenvalue weighted by molar-refractivity contribution is 5.81. The first-order valence-electron chi connectivity index (χ1n) is 5.39. The molecule has 2 aromatic rings. The summed E-state index contributed by atoms with van der Waals surface area (Å²) in [5.41, 5.74) is 2.54. The molecule has 0 fully saturated rings. The molecule has 0 saturated carbocycles. The van der Waals surface area contributed by atoms with Gasteiger partial charge < -0.3 is 9.88 Å². The van der Waals surface area contributed by atoms with E-state index in [1.165, 1.54) is 16.5 Å². The van der Waals surface area contributed by atoms with Crippen molar-refractivity contribution in [3.8, 4) is 0 Å². The number of aromatic amines is 1. The molecule has 2 aromatic heterocycles. The van der Waals surface area contributed by atoms with E-state index in [1.54, 1.807) is 0 Å². The van der Waals surface area contributed by atoms with E-state index >= 15 is 0 Å². The predicted octanol–water partition coefficient (Wildman–Crippen LogP) is 2.06. The fraction of sp³-hybridized carbons (Fsp3) is 0.417. The number of fused-ring (bicyclic) bond motifs is 1. The van der Waals surface area contributed by atoms with Crippen molar-refractivity contribution in [1.82, 2.24) is 14.9 Å². The Kier molecular flexibility index (Phi) is 3.02. The average molecular weight is 203 g/mol. The highest BCUT2D eigenvalue weighted by Crippen LogP contribution is 2.16. The van der Waals surface area contributed by atoms with Gasteiger partial charge in [-0.25, -0.2) is 0 Å². The molecule has 0 aliphatic carbocycles. The molecule has 0 amide bonds. The second-order valence-electron chi connectivity index (χ2n) is 3.88. The van der Waals surface area contributed by atoms with Crippen molar-refractivity contribution in [1.29, 1.82) is 0 Å². The van der Waals surface area contributed by atoms with Crippen LogP contribution in [0.25, 0.3) is 10.9 Å². The normalized spacial score (nSPS) is 11.4. The zero-order valence-electron chi connectivity index (χ0n) is 9.33. The van der Waals surface area contributed by atoms with Gasteiger partial charge in [-0.15, -0.1) is 0 Å². The Morgan fingerprint density at radius 3 is 3.13 bits per heavy atom. The van der Waals surface area contributed by atoms with Crippen LogP contribution in [0, 0.1) is 0 Å². The molecule has 0 spiro atoms. The Labute approximate surface area is 90.1 Å². The third-order valence-electron chi connectivity index (χ3n) is 2.87. The van der Waals surface area contributed by atoms with E-state index in [0.29, 0.717) is 0 Å². The molecule has 0 radical (unpaired) electrons. The number of nitrogens with zero attached hydrogens (tertiary/aromatic N) is 2. The zero-order chi connectivity index (χ0) is 10.7. The quantitative estimate of drug-likeness (QED) is 0.824. The van der Waals surface area contributed by atoms with Gasteiger partial charge >= 0.3 is 0 Å². The van der Waals surface area contributed by atoms with Crippen molar-refractivity contribution < 1.29 is 0 Å². The summed E-state index contributed by atoms with van der Waals surface area (Å²) in [6, 6.07) is 2.02. The molecular weight excluding hydrogens is 186 g/mol. The van der Waals surface area contributed by atoms with Gasteiger partial charge in [0, 0.05) is 36.0 Å². The van der Waals surface area contributed by atoms with Crippen LogP contribution in [0.2, 0.25) is 0 Å². The molecular formula is C12H17N3. The lowest BCUT2D eigenvalue weighted by Crippen LogP contribution is -2.20. The van der Waals surface area contributed by atoms with Crippen molar-refractivity contribution in [2.24, 2.45) is 0 Å². The van der Waals surface area contributed by atoms with Gasteiger partial charge in [0.25, 0.3) is 0 Å². The van der Waals surface area contributed by atoms with Crippen molar-refractivity contribution in [3.05, 3.63) is 30.2 Å². The number of aromatic nitrogens is 2. The summed E-state index contributed by atoms with van der Waals surface area (Å²) in [4.78, 5) is 9.75. The lowest BCUT2D eigenvalue weighted by Gasteiger charge is -2.12. The van der Waals surface area contributed by atoms with Gasteiger partial charge in [-0.3, -0.25) is 4.98 Å². The maximum absolute atomic E-state index is 4.16. The van der Waals surface area contributed by atoms with E-state index < -0.39 is 0 Å². The van der Waals surface area contributed by atoms with Gasteiger partial charge in [-0.2, -0.15) is 0 Å². The lowest BCUT2D eigenvalue weighted by molar-refractivity contribution is 0.358. The highest BCUT2D eigenvalue weighted by atomic mass is 15.1. The minimum atomic E-state index is 1.08. The van der Waals surface area contributed by atoms with E-state index in [4.69, 9.17) is 0 Å². The lowest BCUT2D eigenvalue weighted by atomic mass is 10.1. The Morgan fingerprint density at radius 1 is 1.47 bits per heavy atom. The summed E-state index contributed by atoms with van der Waals surface area (Å²) >= 11 is 0. The minimum absolute atomic E-state index is 1.08. The van der Waals surface area contributed by atoms with Gasteiger partial charge in [0.2, 0.25) is 0 Å². The van der Waals surface area contributed by atoms with E-state index in [-0.39, 0.29) is 0 Å². The molecule has 3 nitrogen and oxygen atoms in total. The van der Waals surface area contributed by atoms with Crippen LogP contribution >= 0.6 is 0 Å². The molecule has 1 N–H and O–H groups in total. The number of pyridine rings is 1. The van der Waals surface area contributed by atoms with Gasteiger partial charge in [0.15, 0.2) is 0 Å². The summed E-state index contributed by atoms with van der Waals surface area (Å²) in [7, 11) is 2.15. The van der Waals surface area contributed by atoms with Crippen LogP contribution in [0.1, 0.15) is 12.5 Å². The maximum Gasteiger partial charge on any atom is 0.0487 e. The molecule has 0 unspecified atom stereocenters. The van der Waals surface area contributed by atoms with E-state index in [2.05, 4.69) is 35.0 Å². The molecule has 0 atom stereocenters. The van der Waals surface area contributed by atoms with Crippen molar-refractivity contribution in [3.63, 3.8) is 0 Å². The van der Waals surface area contributed by atoms with Gasteiger partial charge in [0.1, 0.15) is 0 Å². The molecule has 15 heavy (non-hydrogen) atoms. The zero-order valence-corrected chi connectivity index (χ0v) is 9.33. The topological polar surface area (TPSA) is 31.9 Å². The second-order valence-corrected chi connectivity index (χ2v) is 3.88. The Hall–Kier alpha value is -1.35. The Balaban J connectivity index is 2.14. The summed E-state index contributed by atoms with van der Waals surface area (Å²) in [6.45, 7) is 4.37. The third kappa shape index (κ3) is 2.18. The molecule has 3 heteroatoms. The van der Waals surface area contributed by atoms with Crippen molar-refractivity contribution in [2.75, 3.05) is 20.1 Å². The SMILES string of the molecule is CCN(C)CCc1c[nH]c2ccncc12. The highest BCUT2D eigenvalue weighted by Gasteiger charge is 2.03. The summed E-state index contributed by atoms with van der Waals surface area (Å²) < 4.78 is 0. The van der Waals surface area contributed by atoms with Crippen molar-refractivity contribution in [2.45, 2.75) is 13.3 Å². The molecule has 80 valence electrons. The Morgan fingerprint density at radius 2 is 2.33 bits per heavy atom. The fourth-order valence-electron chi connectivity index (χ4n) is 1.70.